The van der Waals surface area contributed by atoms with Crippen molar-refractivity contribution >= 4 is 5.78 Å². The van der Waals surface area contributed by atoms with Crippen molar-refractivity contribution in [3.63, 3.8) is 0 Å². The van der Waals surface area contributed by atoms with Crippen LogP contribution in [0.2, 0.25) is 0 Å². The highest BCUT2D eigenvalue weighted by atomic mass is 19.2. The van der Waals surface area contributed by atoms with Crippen LogP contribution in [0.5, 0.6) is 5.75 Å². The van der Waals surface area contributed by atoms with Crippen molar-refractivity contribution in [3.8, 4) is 5.75 Å². The standard InChI is InChI=1S/C14H8F4O2/c15-9-6-10(16)13(18)14(12(9)17)20-7-11(19)8-4-2-1-3-5-8/h1-6H,7H2. The first kappa shape index (κ1) is 14.0. The third-order valence-electron chi connectivity index (χ3n) is 2.51. The molecule has 0 fully saturated rings. The Balaban J connectivity index is 2.18. The van der Waals surface area contributed by atoms with E-state index >= 15 is 0 Å². The molecular formula is C14H8F4O2. The summed E-state index contributed by atoms with van der Waals surface area (Å²) in [5.74, 6) is -8.35. The summed E-state index contributed by atoms with van der Waals surface area (Å²) < 4.78 is 57.0. The van der Waals surface area contributed by atoms with E-state index in [0.717, 1.165) is 0 Å². The molecule has 0 radical (unpaired) electrons. The molecule has 2 rings (SSSR count). The van der Waals surface area contributed by atoms with E-state index in [1.807, 2.05) is 0 Å². The Morgan fingerprint density at radius 2 is 1.50 bits per heavy atom. The number of benzene rings is 2. The molecule has 0 aliphatic rings. The summed E-state index contributed by atoms with van der Waals surface area (Å²) in [5.41, 5.74) is 0.255. The van der Waals surface area contributed by atoms with E-state index in [0.29, 0.717) is 0 Å². The normalized spacial score (nSPS) is 10.4. The van der Waals surface area contributed by atoms with Crippen molar-refractivity contribution in [2.75, 3.05) is 6.61 Å². The Bertz CT molecular complexity index is 615. The lowest BCUT2D eigenvalue weighted by Crippen LogP contribution is -2.14. The van der Waals surface area contributed by atoms with Gasteiger partial charge in [0.15, 0.2) is 29.8 Å². The highest BCUT2D eigenvalue weighted by Gasteiger charge is 2.21. The van der Waals surface area contributed by atoms with Crippen LogP contribution in [0.3, 0.4) is 0 Å². The Kier molecular flexibility index (Phi) is 4.02. The maximum Gasteiger partial charge on any atom is 0.203 e. The van der Waals surface area contributed by atoms with Crippen LogP contribution in [0.1, 0.15) is 10.4 Å². The molecule has 0 aromatic heterocycles. The van der Waals surface area contributed by atoms with Gasteiger partial charge in [-0.1, -0.05) is 30.3 Å². The van der Waals surface area contributed by atoms with Crippen LogP contribution in [-0.2, 0) is 0 Å². The second kappa shape index (κ2) is 5.73. The number of carbonyl (C=O) groups is 1. The second-order valence-electron chi connectivity index (χ2n) is 3.88. The van der Waals surface area contributed by atoms with Gasteiger partial charge in [-0.05, 0) is 0 Å². The van der Waals surface area contributed by atoms with Crippen LogP contribution in [0, 0.1) is 23.3 Å². The van der Waals surface area contributed by atoms with Crippen molar-refractivity contribution in [2.45, 2.75) is 0 Å². The van der Waals surface area contributed by atoms with Gasteiger partial charge < -0.3 is 4.74 Å². The highest BCUT2D eigenvalue weighted by molar-refractivity contribution is 5.97. The van der Waals surface area contributed by atoms with Crippen LogP contribution >= 0.6 is 0 Å². The van der Waals surface area contributed by atoms with E-state index < -0.39 is 41.4 Å². The molecule has 0 spiro atoms. The Morgan fingerprint density at radius 1 is 0.950 bits per heavy atom. The molecule has 0 aliphatic carbocycles. The predicted molar refractivity (Wildman–Crippen MR) is 62.5 cm³/mol. The fourth-order valence-corrected chi connectivity index (χ4v) is 1.52. The van der Waals surface area contributed by atoms with E-state index in [1.165, 1.54) is 12.1 Å². The van der Waals surface area contributed by atoms with E-state index in [4.69, 9.17) is 0 Å². The Hall–Kier alpha value is -2.37. The molecule has 2 aromatic carbocycles. The lowest BCUT2D eigenvalue weighted by Gasteiger charge is -2.08. The predicted octanol–water partition coefficient (Wildman–Crippen LogP) is 3.50. The summed E-state index contributed by atoms with van der Waals surface area (Å²) in [6, 6.07) is 7.89. The minimum atomic E-state index is -1.68. The number of halogens is 4. The number of hydrogen-bond acceptors (Lipinski definition) is 2. The lowest BCUT2D eigenvalue weighted by atomic mass is 10.1. The Labute approximate surface area is 111 Å². The smallest absolute Gasteiger partial charge is 0.203 e. The molecule has 104 valence electrons. The van der Waals surface area contributed by atoms with Crippen molar-refractivity contribution < 1.29 is 27.1 Å². The van der Waals surface area contributed by atoms with Crippen LogP contribution in [0.15, 0.2) is 36.4 Å². The highest BCUT2D eigenvalue weighted by Crippen LogP contribution is 2.26. The Morgan fingerprint density at radius 3 is 2.05 bits per heavy atom. The molecule has 20 heavy (non-hydrogen) atoms. The molecule has 0 N–H and O–H groups in total. The molecule has 0 unspecified atom stereocenters. The molecule has 0 saturated carbocycles. The van der Waals surface area contributed by atoms with Gasteiger partial charge in [0, 0.05) is 11.6 Å². The van der Waals surface area contributed by atoms with Gasteiger partial charge in [-0.2, -0.15) is 8.78 Å². The molecule has 6 heteroatoms. The van der Waals surface area contributed by atoms with Crippen LogP contribution in [0.4, 0.5) is 17.6 Å². The largest absolute Gasteiger partial charge is 0.479 e. The van der Waals surface area contributed by atoms with Crippen LogP contribution < -0.4 is 4.74 Å². The number of rotatable bonds is 4. The second-order valence-corrected chi connectivity index (χ2v) is 3.88. The molecule has 0 bridgehead atoms. The van der Waals surface area contributed by atoms with Gasteiger partial charge in [0.05, 0.1) is 0 Å². The lowest BCUT2D eigenvalue weighted by molar-refractivity contribution is 0.0913. The zero-order valence-corrected chi connectivity index (χ0v) is 10.00. The van der Waals surface area contributed by atoms with Crippen molar-refractivity contribution in [2.24, 2.45) is 0 Å². The monoisotopic (exact) mass is 284 g/mol. The van der Waals surface area contributed by atoms with E-state index in [-0.39, 0.29) is 11.6 Å². The van der Waals surface area contributed by atoms with Gasteiger partial charge in [-0.15, -0.1) is 0 Å². The third kappa shape index (κ3) is 2.79. The fraction of sp³-hybridized carbons (Fsp3) is 0.0714. The van der Waals surface area contributed by atoms with Crippen molar-refractivity contribution in [1.82, 2.24) is 0 Å². The zero-order chi connectivity index (χ0) is 14.7. The van der Waals surface area contributed by atoms with Crippen molar-refractivity contribution in [1.29, 1.82) is 0 Å². The third-order valence-corrected chi connectivity index (χ3v) is 2.51. The summed E-state index contributed by atoms with van der Waals surface area (Å²) in [4.78, 5) is 11.7. The first-order valence-electron chi connectivity index (χ1n) is 5.54. The van der Waals surface area contributed by atoms with E-state index in [1.54, 1.807) is 18.2 Å². The maximum atomic E-state index is 13.3. The minimum absolute atomic E-state index is 0.0660. The molecule has 2 aromatic rings. The van der Waals surface area contributed by atoms with E-state index in [9.17, 15) is 22.4 Å². The quantitative estimate of drug-likeness (QED) is 0.488. The van der Waals surface area contributed by atoms with Gasteiger partial charge in [-0.3, -0.25) is 4.79 Å². The first-order chi connectivity index (χ1) is 9.50. The van der Waals surface area contributed by atoms with Gasteiger partial charge in [0.25, 0.3) is 0 Å². The van der Waals surface area contributed by atoms with Gasteiger partial charge >= 0.3 is 0 Å². The molecule has 0 heterocycles. The summed E-state index contributed by atoms with van der Waals surface area (Å²) in [6.45, 7) is -0.735. The topological polar surface area (TPSA) is 26.3 Å². The summed E-state index contributed by atoms with van der Waals surface area (Å²) in [7, 11) is 0. The SMILES string of the molecule is O=C(COc1c(F)c(F)cc(F)c1F)c1ccccc1. The van der Waals surface area contributed by atoms with Crippen LogP contribution in [-0.4, -0.2) is 12.4 Å². The number of Topliss-reactive ketones (excluding diaryl/α,β-unsaturated/α-hetero) is 1. The number of hydrogen-bond donors (Lipinski definition) is 0. The average Bonchev–Trinajstić information content (AvgIpc) is 2.46. The molecule has 0 amide bonds. The van der Waals surface area contributed by atoms with Gasteiger partial charge in [0.2, 0.25) is 11.6 Å². The number of ketones is 1. The summed E-state index contributed by atoms with van der Waals surface area (Å²) in [6.07, 6.45) is 0. The van der Waals surface area contributed by atoms with E-state index in [2.05, 4.69) is 4.74 Å². The molecule has 2 nitrogen and oxygen atoms in total. The maximum absolute atomic E-state index is 13.3. The minimum Gasteiger partial charge on any atom is -0.479 e. The number of ether oxygens (including phenoxy) is 1. The molecule has 0 atom stereocenters. The summed E-state index contributed by atoms with van der Waals surface area (Å²) in [5, 5.41) is 0. The molecule has 0 saturated heterocycles. The summed E-state index contributed by atoms with van der Waals surface area (Å²) >= 11 is 0. The molecule has 0 aliphatic heterocycles. The molecular weight excluding hydrogens is 276 g/mol. The van der Waals surface area contributed by atoms with Crippen LogP contribution in [0.25, 0.3) is 0 Å². The van der Waals surface area contributed by atoms with Crippen molar-refractivity contribution in [3.05, 3.63) is 65.2 Å². The number of carbonyl (C=O) groups excluding carboxylic acids is 1. The van der Waals surface area contributed by atoms with Gasteiger partial charge in [-0.25, -0.2) is 8.78 Å². The first-order valence-corrected chi connectivity index (χ1v) is 5.54. The van der Waals surface area contributed by atoms with Gasteiger partial charge in [0.1, 0.15) is 0 Å². The zero-order valence-electron chi connectivity index (χ0n) is 10.00. The average molecular weight is 284 g/mol. The fourth-order valence-electron chi connectivity index (χ4n) is 1.52.